The molecule has 3 amide bonds. The summed E-state index contributed by atoms with van der Waals surface area (Å²) in [4.78, 5) is 28.6. The fourth-order valence-corrected chi connectivity index (χ4v) is 3.59. The Morgan fingerprint density at radius 2 is 2.03 bits per heavy atom. The average molecular weight is 515 g/mol. The maximum atomic E-state index is 11.6. The zero-order valence-electron chi connectivity index (χ0n) is 16.9. The first kappa shape index (κ1) is 23.4. The molecule has 2 atom stereocenters. The van der Waals surface area contributed by atoms with Gasteiger partial charge in [0.05, 0.1) is 12.6 Å². The third-order valence-electron chi connectivity index (χ3n) is 5.17. The quantitative estimate of drug-likeness (QED) is 0.233. The first-order valence-corrected chi connectivity index (χ1v) is 9.79. The van der Waals surface area contributed by atoms with Gasteiger partial charge in [-0.1, -0.05) is 29.8 Å². The van der Waals surface area contributed by atoms with E-state index in [2.05, 4.69) is 52.1 Å². The van der Waals surface area contributed by atoms with E-state index in [-0.39, 0.29) is 48.6 Å². The van der Waals surface area contributed by atoms with E-state index in [9.17, 15) is 9.59 Å². The molecule has 3 N–H and O–H groups in total. The Kier molecular flexibility index (Phi) is 9.15. The third-order valence-corrected chi connectivity index (χ3v) is 5.17. The topological polar surface area (TPSA) is 95.1 Å². The van der Waals surface area contributed by atoms with E-state index < -0.39 is 0 Å². The van der Waals surface area contributed by atoms with Crippen molar-refractivity contribution in [2.45, 2.75) is 25.9 Å². The number of benzene rings is 1. The zero-order valence-corrected chi connectivity index (χ0v) is 19.3. The molecule has 2 fully saturated rings. The fourth-order valence-electron chi connectivity index (χ4n) is 3.59. The Morgan fingerprint density at radius 3 is 2.69 bits per heavy atom. The molecule has 1 aromatic carbocycles. The summed E-state index contributed by atoms with van der Waals surface area (Å²) in [6.45, 7) is 4.44. The summed E-state index contributed by atoms with van der Waals surface area (Å²) in [5, 5.41) is 9.03. The first-order chi connectivity index (χ1) is 13.6. The molecule has 0 radical (unpaired) electrons. The van der Waals surface area contributed by atoms with Crippen molar-refractivity contribution >= 4 is 41.9 Å². The van der Waals surface area contributed by atoms with Crippen LogP contribution in [0.3, 0.4) is 0 Å². The van der Waals surface area contributed by atoms with Crippen LogP contribution < -0.4 is 16.0 Å². The summed E-state index contributed by atoms with van der Waals surface area (Å²) in [5.74, 6) is 0.802. The Balaban J connectivity index is 0.00000300. The Bertz CT molecular complexity index is 709. The molecule has 2 aliphatic rings. The van der Waals surface area contributed by atoms with Crippen molar-refractivity contribution in [1.82, 2.24) is 20.9 Å². The van der Waals surface area contributed by atoms with E-state index in [4.69, 9.17) is 4.74 Å². The number of guanidine groups is 1. The Labute approximate surface area is 188 Å². The van der Waals surface area contributed by atoms with E-state index in [1.54, 1.807) is 7.05 Å². The highest BCUT2D eigenvalue weighted by molar-refractivity contribution is 14.0. The lowest BCUT2D eigenvalue weighted by atomic mass is 9.89. The lowest BCUT2D eigenvalue weighted by molar-refractivity contribution is -0.124. The number of carbonyl (C=O) groups is 2. The first-order valence-electron chi connectivity index (χ1n) is 9.79. The number of urea groups is 1. The maximum absolute atomic E-state index is 11.6. The number of carbonyl (C=O) groups excluding carboxylic acids is 2. The minimum Gasteiger partial charge on any atom is -0.373 e. The smallest absolute Gasteiger partial charge is 0.324 e. The van der Waals surface area contributed by atoms with Gasteiger partial charge in [0, 0.05) is 39.2 Å². The molecule has 2 aliphatic heterocycles. The van der Waals surface area contributed by atoms with Gasteiger partial charge < -0.3 is 20.7 Å². The molecule has 0 aliphatic carbocycles. The molecule has 2 unspecified atom stereocenters. The molecule has 0 aromatic heterocycles. The van der Waals surface area contributed by atoms with Gasteiger partial charge >= 0.3 is 6.03 Å². The molecule has 2 saturated heterocycles. The second-order valence-corrected chi connectivity index (χ2v) is 7.19. The second kappa shape index (κ2) is 11.3. The minimum absolute atomic E-state index is 0. The normalized spacial score (nSPS) is 22.1. The number of hydrogen-bond donors (Lipinski definition) is 3. The number of nitrogens with one attached hydrogen (secondary N) is 3. The summed E-state index contributed by atoms with van der Waals surface area (Å²) in [7, 11) is 1.71. The molecular weight excluding hydrogens is 485 g/mol. The van der Waals surface area contributed by atoms with E-state index in [0.29, 0.717) is 25.0 Å². The molecule has 0 bridgehead atoms. The number of halogens is 1. The average Bonchev–Trinajstić information content (AvgIpc) is 3.03. The summed E-state index contributed by atoms with van der Waals surface area (Å²) in [6, 6.07) is 8.19. The molecule has 2 heterocycles. The highest BCUT2D eigenvalue weighted by Gasteiger charge is 2.29. The van der Waals surface area contributed by atoms with Crippen molar-refractivity contribution < 1.29 is 14.3 Å². The molecule has 9 heteroatoms. The predicted molar refractivity (Wildman–Crippen MR) is 122 cm³/mol. The van der Waals surface area contributed by atoms with Crippen molar-refractivity contribution in [3.05, 3.63) is 35.4 Å². The molecule has 29 heavy (non-hydrogen) atoms. The zero-order chi connectivity index (χ0) is 19.9. The van der Waals surface area contributed by atoms with Crippen molar-refractivity contribution in [3.63, 3.8) is 0 Å². The van der Waals surface area contributed by atoms with E-state index in [1.165, 1.54) is 16.0 Å². The number of ether oxygens (including phenoxy) is 1. The van der Waals surface area contributed by atoms with E-state index in [0.717, 1.165) is 26.0 Å². The van der Waals surface area contributed by atoms with Crippen molar-refractivity contribution in [3.8, 4) is 0 Å². The van der Waals surface area contributed by atoms with Gasteiger partial charge in [-0.15, -0.1) is 24.0 Å². The van der Waals surface area contributed by atoms with Gasteiger partial charge in [0.1, 0.15) is 0 Å². The monoisotopic (exact) mass is 515 g/mol. The maximum Gasteiger partial charge on any atom is 0.324 e. The lowest BCUT2D eigenvalue weighted by Crippen LogP contribution is -2.45. The predicted octanol–water partition coefficient (Wildman–Crippen LogP) is 1.80. The van der Waals surface area contributed by atoms with Crippen LogP contribution in [0.5, 0.6) is 0 Å². The van der Waals surface area contributed by atoms with Gasteiger partial charge in [-0.2, -0.15) is 0 Å². The molecule has 0 spiro atoms. The van der Waals surface area contributed by atoms with Crippen molar-refractivity contribution in [2.24, 2.45) is 10.9 Å². The van der Waals surface area contributed by atoms with Crippen molar-refractivity contribution in [1.29, 1.82) is 0 Å². The van der Waals surface area contributed by atoms with Crippen LogP contribution in [0.15, 0.2) is 29.3 Å². The van der Waals surface area contributed by atoms with Gasteiger partial charge in [-0.3, -0.25) is 14.7 Å². The molecule has 1 aromatic rings. The highest BCUT2D eigenvalue weighted by atomic mass is 127. The second-order valence-electron chi connectivity index (χ2n) is 7.19. The van der Waals surface area contributed by atoms with E-state index >= 15 is 0 Å². The van der Waals surface area contributed by atoms with Crippen LogP contribution in [0.2, 0.25) is 0 Å². The van der Waals surface area contributed by atoms with Gasteiger partial charge in [-0.25, -0.2) is 4.79 Å². The Morgan fingerprint density at radius 1 is 1.28 bits per heavy atom. The van der Waals surface area contributed by atoms with Gasteiger partial charge in [-0.05, 0) is 25.3 Å². The summed E-state index contributed by atoms with van der Waals surface area (Å²) in [5.41, 5.74) is 2.45. The molecule has 3 rings (SSSR count). The van der Waals surface area contributed by atoms with Crippen LogP contribution >= 0.6 is 24.0 Å². The number of aliphatic imine (C=N–C) groups is 1. The summed E-state index contributed by atoms with van der Waals surface area (Å²) >= 11 is 0. The van der Waals surface area contributed by atoms with Gasteiger partial charge in [0.2, 0.25) is 5.91 Å². The van der Waals surface area contributed by atoms with Gasteiger partial charge in [0.25, 0.3) is 0 Å². The lowest BCUT2D eigenvalue weighted by Gasteiger charge is -2.32. The van der Waals surface area contributed by atoms with Crippen LogP contribution in [-0.2, 0) is 9.53 Å². The van der Waals surface area contributed by atoms with Crippen LogP contribution in [0.4, 0.5) is 4.79 Å². The number of rotatable bonds is 6. The van der Waals surface area contributed by atoms with Crippen LogP contribution in [0.25, 0.3) is 0 Å². The summed E-state index contributed by atoms with van der Waals surface area (Å²) < 4.78 is 6.07. The van der Waals surface area contributed by atoms with Crippen LogP contribution in [0, 0.1) is 12.8 Å². The molecular formula is C20H30IN5O3. The van der Waals surface area contributed by atoms with Gasteiger partial charge in [0.15, 0.2) is 5.96 Å². The molecule has 160 valence electrons. The number of nitrogens with zero attached hydrogens (tertiary/aromatic N) is 2. The number of aryl methyl sites for hydroxylation is 1. The fraction of sp³-hybridized carbons (Fsp3) is 0.550. The Hall–Kier alpha value is -1.88. The largest absolute Gasteiger partial charge is 0.373 e. The number of imide groups is 1. The molecule has 8 nitrogen and oxygen atoms in total. The standard InChI is InChI=1S/C20H29N5O3.HI/c1-14-5-7-15(8-6-14)18-16(4-3-11-28-18)12-23-19(21-2)22-9-10-25-17(26)13-24-20(25)27;/h5-8,16,18H,3-4,9-13H2,1-2H3,(H,24,27)(H2,21,22,23);1H. The van der Waals surface area contributed by atoms with E-state index in [1.807, 2.05) is 0 Å². The summed E-state index contributed by atoms with van der Waals surface area (Å²) in [6.07, 6.45) is 2.21. The molecule has 0 saturated carbocycles. The third kappa shape index (κ3) is 6.30. The number of amides is 3. The highest BCUT2D eigenvalue weighted by Crippen LogP contribution is 2.33. The minimum atomic E-state index is -0.338. The van der Waals surface area contributed by atoms with Crippen molar-refractivity contribution in [2.75, 3.05) is 39.8 Å². The van der Waals surface area contributed by atoms with Crippen LogP contribution in [-0.4, -0.2) is 62.6 Å². The number of hydrogen-bond acceptors (Lipinski definition) is 4. The SMILES string of the molecule is CN=C(NCCN1C(=O)CNC1=O)NCC1CCCOC1c1ccc(C)cc1.I. The van der Waals surface area contributed by atoms with Crippen LogP contribution in [0.1, 0.15) is 30.1 Å².